The summed E-state index contributed by atoms with van der Waals surface area (Å²) in [6.07, 6.45) is 4.74. The maximum absolute atomic E-state index is 13.6. The Morgan fingerprint density at radius 1 is 1.13 bits per heavy atom. The van der Waals surface area contributed by atoms with Crippen LogP contribution in [-0.2, 0) is 6.42 Å². The summed E-state index contributed by atoms with van der Waals surface area (Å²) in [5.41, 5.74) is 5.05. The van der Waals surface area contributed by atoms with Gasteiger partial charge in [0.15, 0.2) is 5.13 Å². The van der Waals surface area contributed by atoms with Gasteiger partial charge < -0.3 is 30.2 Å². The number of amides is 2. The molecule has 242 valence electrons. The number of hydrogen-bond acceptors (Lipinski definition) is 10. The Morgan fingerprint density at radius 2 is 1.87 bits per heavy atom. The Labute approximate surface area is 276 Å². The number of rotatable bonds is 6. The van der Waals surface area contributed by atoms with Crippen LogP contribution >= 0.6 is 11.3 Å². The van der Waals surface area contributed by atoms with E-state index >= 15 is 0 Å². The molecule has 14 heteroatoms. The van der Waals surface area contributed by atoms with E-state index in [-0.39, 0.29) is 17.9 Å². The number of imidazole rings is 1. The van der Waals surface area contributed by atoms with E-state index in [2.05, 4.69) is 50.1 Å². The number of carbonyl (C=O) groups is 1. The number of likely N-dealkylation sites (N-methyl/N-ethyl adjacent to an activating group) is 1. The van der Waals surface area contributed by atoms with Crippen LogP contribution in [0.4, 0.5) is 20.1 Å². The fraction of sp³-hybridized carbons (Fsp3) is 0.364. The molecule has 0 aliphatic carbocycles. The number of fused-ring (bicyclic) bond motifs is 1. The number of nitriles is 1. The zero-order valence-corrected chi connectivity index (χ0v) is 27.4. The lowest BCUT2D eigenvalue weighted by Gasteiger charge is -2.40. The van der Waals surface area contributed by atoms with Gasteiger partial charge in [0.25, 0.3) is 0 Å². The zero-order chi connectivity index (χ0) is 32.7. The van der Waals surface area contributed by atoms with Crippen molar-refractivity contribution in [1.82, 2.24) is 39.7 Å². The molecule has 2 amide bonds. The number of benzene rings is 1. The van der Waals surface area contributed by atoms with Crippen LogP contribution in [-0.4, -0.2) is 107 Å². The third-order valence-electron chi connectivity index (χ3n) is 8.85. The molecule has 6 heterocycles. The fourth-order valence-corrected chi connectivity index (χ4v) is 6.99. The monoisotopic (exact) mass is 653 g/mol. The van der Waals surface area contributed by atoms with E-state index in [0.717, 1.165) is 60.4 Å². The predicted molar refractivity (Wildman–Crippen MR) is 181 cm³/mol. The number of aromatic nitrogens is 3. The molecule has 3 aliphatic rings. The minimum Gasteiger partial charge on any atom is -0.341 e. The number of guanidine groups is 1. The van der Waals surface area contributed by atoms with Crippen LogP contribution in [0.1, 0.15) is 23.1 Å². The number of urea groups is 1. The maximum atomic E-state index is 13.6. The largest absolute Gasteiger partial charge is 0.341 e. The number of hydrogen-bond donors (Lipinski definition) is 2. The summed E-state index contributed by atoms with van der Waals surface area (Å²) in [6, 6.07) is 12.6. The molecule has 1 aromatic carbocycles. The summed E-state index contributed by atoms with van der Waals surface area (Å²) >= 11 is 1.30. The number of aryl methyl sites for hydroxylation is 1. The third kappa shape index (κ3) is 5.88. The highest BCUT2D eigenvalue weighted by atomic mass is 32.1. The standard InChI is InChI=1S/C33H36FN11OS/c1-4-26-30(42(3)33-40-29(27(15-35)47-33)21-5-8-24(34)9-6-21)45-20-22(7-10-28(45)39-26)23-16-37-31(41(2)19-23)43-11-13-44(14-12-43)32(46)38-25-17-36-18-25/h5-10,16,20,25,36H,4,11-14,17-19H2,1-3H3,(H,38,46). The molecule has 0 unspecified atom stereocenters. The molecule has 7 rings (SSSR count). The van der Waals surface area contributed by atoms with Gasteiger partial charge in [-0.15, -0.1) is 0 Å². The molecule has 3 aromatic heterocycles. The van der Waals surface area contributed by atoms with Gasteiger partial charge in [-0.25, -0.2) is 24.1 Å². The highest BCUT2D eigenvalue weighted by Crippen LogP contribution is 2.37. The molecule has 47 heavy (non-hydrogen) atoms. The van der Waals surface area contributed by atoms with Gasteiger partial charge in [0.2, 0.25) is 5.96 Å². The Bertz CT molecular complexity index is 1910. The van der Waals surface area contributed by atoms with Gasteiger partial charge in [-0.1, -0.05) is 18.3 Å². The maximum Gasteiger partial charge on any atom is 0.317 e. The number of halogens is 1. The van der Waals surface area contributed by atoms with Crippen LogP contribution in [0.3, 0.4) is 0 Å². The van der Waals surface area contributed by atoms with E-state index in [4.69, 9.17) is 15.0 Å². The van der Waals surface area contributed by atoms with Crippen LogP contribution in [0.5, 0.6) is 0 Å². The second kappa shape index (κ2) is 12.7. The first-order chi connectivity index (χ1) is 22.8. The first kappa shape index (κ1) is 30.6. The molecular weight excluding hydrogens is 618 g/mol. The molecule has 0 atom stereocenters. The van der Waals surface area contributed by atoms with E-state index in [1.807, 2.05) is 36.2 Å². The number of nitrogens with zero attached hydrogens (tertiary/aromatic N) is 9. The molecule has 3 aliphatic heterocycles. The van der Waals surface area contributed by atoms with Crippen LogP contribution in [0.2, 0.25) is 0 Å². The number of carbonyl (C=O) groups excluding carboxylic acids is 1. The first-order valence-corrected chi connectivity index (χ1v) is 16.6. The second-order valence-electron chi connectivity index (χ2n) is 12.0. The molecule has 0 spiro atoms. The summed E-state index contributed by atoms with van der Waals surface area (Å²) in [7, 11) is 3.98. The van der Waals surface area contributed by atoms with Crippen molar-refractivity contribution in [2.45, 2.75) is 19.4 Å². The minimum atomic E-state index is -0.337. The third-order valence-corrected chi connectivity index (χ3v) is 9.89. The van der Waals surface area contributed by atoms with Crippen molar-refractivity contribution in [3.05, 3.63) is 70.7 Å². The van der Waals surface area contributed by atoms with Gasteiger partial charge in [-0.2, -0.15) is 5.26 Å². The van der Waals surface area contributed by atoms with Crippen molar-refractivity contribution in [1.29, 1.82) is 5.26 Å². The SMILES string of the molecule is CCc1nc2ccc(C3=CN=C(N4CCN(C(=O)NC5CNC5)CC4)N(C)C3)cn2c1N(C)c1nc(-c2ccc(F)cc2)c(C#N)s1. The first-order valence-electron chi connectivity index (χ1n) is 15.7. The van der Waals surface area contributed by atoms with E-state index in [1.165, 1.54) is 23.5 Å². The molecule has 2 fully saturated rings. The number of anilines is 2. The molecule has 0 radical (unpaired) electrons. The quantitative estimate of drug-likeness (QED) is 0.323. The smallest absolute Gasteiger partial charge is 0.317 e. The van der Waals surface area contributed by atoms with Gasteiger partial charge >= 0.3 is 6.03 Å². The lowest BCUT2D eigenvalue weighted by atomic mass is 10.1. The number of aliphatic imine (C=N–C) groups is 1. The zero-order valence-electron chi connectivity index (χ0n) is 26.6. The molecule has 0 bridgehead atoms. The number of thiazole rings is 1. The van der Waals surface area contributed by atoms with Crippen molar-refractivity contribution in [2.24, 2.45) is 4.99 Å². The van der Waals surface area contributed by atoms with Crippen LogP contribution in [0.25, 0.3) is 22.5 Å². The predicted octanol–water partition coefficient (Wildman–Crippen LogP) is 3.74. The van der Waals surface area contributed by atoms with Crippen molar-refractivity contribution >= 4 is 45.5 Å². The summed E-state index contributed by atoms with van der Waals surface area (Å²) < 4.78 is 15.6. The summed E-state index contributed by atoms with van der Waals surface area (Å²) in [6.45, 7) is 7.19. The highest BCUT2D eigenvalue weighted by Gasteiger charge is 2.29. The van der Waals surface area contributed by atoms with Crippen molar-refractivity contribution in [3.8, 4) is 17.3 Å². The Morgan fingerprint density at radius 3 is 2.53 bits per heavy atom. The fourth-order valence-electron chi connectivity index (χ4n) is 6.14. The normalized spacial score (nSPS) is 16.9. The Kier molecular flexibility index (Phi) is 8.25. The lowest BCUT2D eigenvalue weighted by molar-refractivity contribution is 0.158. The number of pyridine rings is 1. The summed E-state index contributed by atoms with van der Waals surface area (Å²) in [5, 5.41) is 16.8. The Balaban J connectivity index is 1.13. The van der Waals surface area contributed by atoms with Gasteiger partial charge in [-0.05, 0) is 54.0 Å². The average Bonchev–Trinajstić information content (AvgIpc) is 3.68. The topological polar surface area (TPSA) is 120 Å². The van der Waals surface area contributed by atoms with Gasteiger partial charge in [0.05, 0.1) is 11.7 Å². The van der Waals surface area contributed by atoms with Crippen molar-refractivity contribution in [2.75, 3.05) is 64.8 Å². The molecule has 0 saturated carbocycles. The Hall–Kier alpha value is -5.00. The molecule has 12 nitrogen and oxygen atoms in total. The molecular formula is C33H36FN11OS. The molecule has 2 N–H and O–H groups in total. The summed E-state index contributed by atoms with van der Waals surface area (Å²) in [5.74, 6) is 1.44. The van der Waals surface area contributed by atoms with E-state index < -0.39 is 0 Å². The number of nitrogens with one attached hydrogen (secondary N) is 2. The summed E-state index contributed by atoms with van der Waals surface area (Å²) in [4.78, 5) is 35.9. The van der Waals surface area contributed by atoms with Crippen molar-refractivity contribution < 1.29 is 9.18 Å². The van der Waals surface area contributed by atoms with Crippen LogP contribution < -0.4 is 15.5 Å². The van der Waals surface area contributed by atoms with E-state index in [9.17, 15) is 14.4 Å². The van der Waals surface area contributed by atoms with Crippen molar-refractivity contribution in [3.63, 3.8) is 0 Å². The minimum absolute atomic E-state index is 0.0112. The highest BCUT2D eigenvalue weighted by molar-refractivity contribution is 7.16. The van der Waals surface area contributed by atoms with Crippen LogP contribution in [0, 0.1) is 17.1 Å². The van der Waals surface area contributed by atoms with E-state index in [1.54, 1.807) is 12.1 Å². The van der Waals surface area contributed by atoms with Gasteiger partial charge in [0, 0.05) is 77.9 Å². The number of piperazine rings is 1. The van der Waals surface area contributed by atoms with Gasteiger partial charge in [0.1, 0.15) is 33.9 Å². The molecule has 4 aromatic rings. The van der Waals surface area contributed by atoms with Crippen LogP contribution in [0.15, 0.2) is 53.8 Å². The lowest BCUT2D eigenvalue weighted by Crippen LogP contribution is -2.62. The molecule has 2 saturated heterocycles. The van der Waals surface area contributed by atoms with E-state index in [0.29, 0.717) is 47.3 Å². The second-order valence-corrected chi connectivity index (χ2v) is 12.9. The average molecular weight is 654 g/mol. The van der Waals surface area contributed by atoms with Gasteiger partial charge in [-0.3, -0.25) is 4.40 Å².